The van der Waals surface area contributed by atoms with Crippen LogP contribution in [-0.4, -0.2) is 29.1 Å². The van der Waals surface area contributed by atoms with Gasteiger partial charge < -0.3 is 10.4 Å². The van der Waals surface area contributed by atoms with Crippen LogP contribution in [0.5, 0.6) is 0 Å². The summed E-state index contributed by atoms with van der Waals surface area (Å²) < 4.78 is 0. The van der Waals surface area contributed by atoms with Crippen LogP contribution < -0.4 is 5.32 Å². The van der Waals surface area contributed by atoms with Crippen molar-refractivity contribution < 1.29 is 9.90 Å². The Labute approximate surface area is 86.3 Å². The summed E-state index contributed by atoms with van der Waals surface area (Å²) in [6.07, 6.45) is 3.71. The van der Waals surface area contributed by atoms with Crippen LogP contribution in [0.25, 0.3) is 6.08 Å². The molecule has 5 heteroatoms. The highest BCUT2D eigenvalue weighted by atomic mass is 32.1. The van der Waals surface area contributed by atoms with Gasteiger partial charge in [0.15, 0.2) is 0 Å². The monoisotopic (exact) mass is 212 g/mol. The van der Waals surface area contributed by atoms with Gasteiger partial charge in [-0.15, -0.1) is 11.3 Å². The predicted octanol–water partition coefficient (Wildman–Crippen LogP) is 0.898. The van der Waals surface area contributed by atoms with Crippen LogP contribution in [0.2, 0.25) is 0 Å². The maximum Gasteiger partial charge on any atom is 0.270 e. The Morgan fingerprint density at radius 3 is 3.21 bits per heavy atom. The number of rotatable bonds is 4. The van der Waals surface area contributed by atoms with E-state index >= 15 is 0 Å². The van der Waals surface area contributed by atoms with Gasteiger partial charge in [-0.1, -0.05) is 6.08 Å². The van der Waals surface area contributed by atoms with E-state index in [0.717, 1.165) is 5.01 Å². The van der Waals surface area contributed by atoms with Crippen molar-refractivity contribution in [2.24, 2.45) is 0 Å². The Kier molecular flexibility index (Phi) is 4.28. The lowest BCUT2D eigenvalue weighted by Gasteiger charge is -1.97. The number of hydrogen-bond donors (Lipinski definition) is 2. The summed E-state index contributed by atoms with van der Waals surface area (Å²) >= 11 is 1.41. The van der Waals surface area contributed by atoms with Crippen LogP contribution in [0.15, 0.2) is 11.5 Å². The first-order valence-electron chi connectivity index (χ1n) is 4.25. The average Bonchev–Trinajstić information content (AvgIpc) is 2.63. The summed E-state index contributed by atoms with van der Waals surface area (Å²) in [6, 6.07) is 0. The molecule has 0 atom stereocenters. The molecule has 0 aromatic carbocycles. The molecular formula is C9H12N2O2S. The number of nitrogens with zero attached hydrogens (tertiary/aromatic N) is 1. The maximum atomic E-state index is 11.3. The molecule has 0 fully saturated rings. The van der Waals surface area contributed by atoms with Crippen LogP contribution in [0, 0.1) is 0 Å². The summed E-state index contributed by atoms with van der Waals surface area (Å²) in [5.74, 6) is -0.244. The molecule has 0 aliphatic rings. The highest BCUT2D eigenvalue weighted by molar-refractivity contribution is 7.10. The number of carbonyl (C=O) groups is 1. The number of allylic oxidation sites excluding steroid dienone is 1. The quantitative estimate of drug-likeness (QED) is 0.779. The van der Waals surface area contributed by atoms with Gasteiger partial charge in [0.1, 0.15) is 10.7 Å². The Hall–Kier alpha value is -1.20. The fourth-order valence-corrected chi connectivity index (χ4v) is 1.63. The number of hydrogen-bond acceptors (Lipinski definition) is 4. The standard InChI is InChI=1S/C9H12N2O2S/c1-2-3-8-11-7(6-14-8)9(13)10-4-5-12/h2-3,6,12H,4-5H2,1H3,(H,10,13)/b3-2-. The van der Waals surface area contributed by atoms with Crippen molar-refractivity contribution in [3.05, 3.63) is 22.2 Å². The molecule has 1 rings (SSSR count). The number of nitrogens with one attached hydrogen (secondary N) is 1. The molecule has 1 aromatic heterocycles. The first-order chi connectivity index (χ1) is 6.77. The summed E-state index contributed by atoms with van der Waals surface area (Å²) in [5, 5.41) is 13.5. The van der Waals surface area contributed by atoms with E-state index < -0.39 is 0 Å². The molecule has 0 spiro atoms. The Morgan fingerprint density at radius 2 is 2.57 bits per heavy atom. The smallest absolute Gasteiger partial charge is 0.270 e. The van der Waals surface area contributed by atoms with Gasteiger partial charge in [-0.05, 0) is 13.0 Å². The van der Waals surface area contributed by atoms with Crippen molar-refractivity contribution in [3.63, 3.8) is 0 Å². The molecule has 76 valence electrons. The first kappa shape index (κ1) is 10.9. The van der Waals surface area contributed by atoms with Crippen LogP contribution in [0.3, 0.4) is 0 Å². The van der Waals surface area contributed by atoms with E-state index in [4.69, 9.17) is 5.11 Å². The molecule has 1 amide bonds. The number of amides is 1. The molecule has 2 N–H and O–H groups in total. The third-order valence-corrected chi connectivity index (χ3v) is 2.27. The molecular weight excluding hydrogens is 200 g/mol. The van der Waals surface area contributed by atoms with Crippen molar-refractivity contribution in [1.82, 2.24) is 10.3 Å². The van der Waals surface area contributed by atoms with Gasteiger partial charge in [-0.3, -0.25) is 4.79 Å². The third-order valence-electron chi connectivity index (χ3n) is 1.46. The SMILES string of the molecule is C/C=C\c1nc(C(=O)NCCO)cs1. The minimum atomic E-state index is -0.244. The number of thiazole rings is 1. The first-order valence-corrected chi connectivity index (χ1v) is 5.13. The van der Waals surface area contributed by atoms with E-state index in [2.05, 4.69) is 10.3 Å². The van der Waals surface area contributed by atoms with Crippen LogP contribution in [0.4, 0.5) is 0 Å². The van der Waals surface area contributed by atoms with Crippen molar-refractivity contribution in [1.29, 1.82) is 0 Å². The second-order valence-electron chi connectivity index (χ2n) is 2.55. The zero-order valence-electron chi connectivity index (χ0n) is 7.86. The minimum Gasteiger partial charge on any atom is -0.395 e. The molecule has 0 bridgehead atoms. The Balaban J connectivity index is 2.62. The molecule has 0 radical (unpaired) electrons. The minimum absolute atomic E-state index is 0.0579. The lowest BCUT2D eigenvalue weighted by molar-refractivity contribution is 0.0940. The fourth-order valence-electron chi connectivity index (χ4n) is 0.871. The number of aromatic nitrogens is 1. The van der Waals surface area contributed by atoms with E-state index in [9.17, 15) is 4.79 Å². The molecule has 4 nitrogen and oxygen atoms in total. The fraction of sp³-hybridized carbons (Fsp3) is 0.333. The van der Waals surface area contributed by atoms with E-state index in [-0.39, 0.29) is 19.1 Å². The molecule has 0 saturated heterocycles. The van der Waals surface area contributed by atoms with Gasteiger partial charge in [0.25, 0.3) is 5.91 Å². The van der Waals surface area contributed by atoms with Gasteiger partial charge in [0, 0.05) is 11.9 Å². The highest BCUT2D eigenvalue weighted by Crippen LogP contribution is 2.10. The van der Waals surface area contributed by atoms with Gasteiger partial charge in [-0.25, -0.2) is 4.98 Å². The Bertz CT molecular complexity index is 333. The lowest BCUT2D eigenvalue weighted by Crippen LogP contribution is -2.26. The zero-order valence-corrected chi connectivity index (χ0v) is 8.67. The topological polar surface area (TPSA) is 62.2 Å². The molecule has 14 heavy (non-hydrogen) atoms. The molecule has 0 aliphatic carbocycles. The van der Waals surface area contributed by atoms with E-state index in [1.807, 2.05) is 19.1 Å². The molecule has 1 aromatic rings. The third kappa shape index (κ3) is 2.93. The molecule has 0 aliphatic heterocycles. The molecule has 0 saturated carbocycles. The number of aliphatic hydroxyl groups is 1. The summed E-state index contributed by atoms with van der Waals surface area (Å²) in [7, 11) is 0. The van der Waals surface area contributed by atoms with Gasteiger partial charge in [0.2, 0.25) is 0 Å². The van der Waals surface area contributed by atoms with Crippen LogP contribution in [0.1, 0.15) is 22.4 Å². The van der Waals surface area contributed by atoms with E-state index in [1.54, 1.807) is 5.38 Å². The summed E-state index contributed by atoms with van der Waals surface area (Å²) in [4.78, 5) is 15.4. The predicted molar refractivity (Wildman–Crippen MR) is 56.2 cm³/mol. The van der Waals surface area contributed by atoms with Crippen LogP contribution >= 0.6 is 11.3 Å². The molecule has 0 unspecified atom stereocenters. The van der Waals surface area contributed by atoms with Crippen molar-refractivity contribution >= 4 is 23.3 Å². The van der Waals surface area contributed by atoms with Crippen molar-refractivity contribution in [2.45, 2.75) is 6.92 Å². The maximum absolute atomic E-state index is 11.3. The van der Waals surface area contributed by atoms with E-state index in [1.165, 1.54) is 11.3 Å². The zero-order chi connectivity index (χ0) is 10.4. The van der Waals surface area contributed by atoms with Crippen LogP contribution in [-0.2, 0) is 0 Å². The Morgan fingerprint density at radius 1 is 1.79 bits per heavy atom. The highest BCUT2D eigenvalue weighted by Gasteiger charge is 2.07. The van der Waals surface area contributed by atoms with Gasteiger partial charge in [-0.2, -0.15) is 0 Å². The normalized spacial score (nSPS) is 10.7. The van der Waals surface area contributed by atoms with Gasteiger partial charge in [0.05, 0.1) is 6.61 Å². The number of carbonyl (C=O) groups excluding carboxylic acids is 1. The number of aliphatic hydroxyl groups excluding tert-OH is 1. The average molecular weight is 212 g/mol. The second-order valence-corrected chi connectivity index (χ2v) is 3.44. The summed E-state index contributed by atoms with van der Waals surface area (Å²) in [6.45, 7) is 2.10. The lowest BCUT2D eigenvalue weighted by atomic mass is 10.4. The second kappa shape index (κ2) is 5.51. The van der Waals surface area contributed by atoms with Crippen molar-refractivity contribution in [2.75, 3.05) is 13.2 Å². The largest absolute Gasteiger partial charge is 0.395 e. The summed E-state index contributed by atoms with van der Waals surface area (Å²) in [5.41, 5.74) is 0.400. The molecule has 1 heterocycles. The van der Waals surface area contributed by atoms with Crippen molar-refractivity contribution in [3.8, 4) is 0 Å². The van der Waals surface area contributed by atoms with E-state index in [0.29, 0.717) is 5.69 Å². The van der Waals surface area contributed by atoms with Gasteiger partial charge >= 0.3 is 0 Å².